The van der Waals surface area contributed by atoms with Crippen LogP contribution in [0.15, 0.2) is 18.2 Å². The summed E-state index contributed by atoms with van der Waals surface area (Å²) in [5.41, 5.74) is -3.25. The fraction of sp³-hybridized carbons (Fsp3) is 0.250. The van der Waals surface area contributed by atoms with E-state index in [1.807, 2.05) is 0 Å². The monoisotopic (exact) mass is 248 g/mol. The van der Waals surface area contributed by atoms with Crippen molar-refractivity contribution in [3.8, 4) is 0 Å². The van der Waals surface area contributed by atoms with Crippen LogP contribution in [-0.4, -0.2) is 0 Å². The number of alkyl halides is 6. The minimum absolute atomic E-state index is 0.363. The SMILES string of the molecule is Fc1c(C(F)(F)F)cccc1C(F)(F)Cl. The van der Waals surface area contributed by atoms with Crippen LogP contribution < -0.4 is 0 Å². The van der Waals surface area contributed by atoms with E-state index in [2.05, 4.69) is 11.6 Å². The summed E-state index contributed by atoms with van der Waals surface area (Å²) < 4.78 is 74.1. The van der Waals surface area contributed by atoms with E-state index in [4.69, 9.17) is 0 Å². The summed E-state index contributed by atoms with van der Waals surface area (Å²) in [5, 5.41) is -4.16. The average molecular weight is 249 g/mol. The van der Waals surface area contributed by atoms with Crippen LogP contribution in [0.25, 0.3) is 0 Å². The molecule has 0 bridgehead atoms. The van der Waals surface area contributed by atoms with Crippen molar-refractivity contribution in [1.29, 1.82) is 0 Å². The van der Waals surface area contributed by atoms with Crippen LogP contribution in [0, 0.1) is 5.82 Å². The second kappa shape index (κ2) is 3.59. The Morgan fingerprint density at radius 2 is 1.40 bits per heavy atom. The molecule has 0 N–H and O–H groups in total. The van der Waals surface area contributed by atoms with Crippen molar-refractivity contribution >= 4 is 11.6 Å². The van der Waals surface area contributed by atoms with E-state index < -0.39 is 28.5 Å². The van der Waals surface area contributed by atoms with Gasteiger partial charge in [0, 0.05) is 0 Å². The molecule has 0 aliphatic heterocycles. The molecule has 0 saturated heterocycles. The highest BCUT2D eigenvalue weighted by Gasteiger charge is 2.39. The number of hydrogen-bond donors (Lipinski definition) is 0. The lowest BCUT2D eigenvalue weighted by Crippen LogP contribution is -2.14. The second-order valence-corrected chi connectivity index (χ2v) is 3.14. The van der Waals surface area contributed by atoms with Gasteiger partial charge in [0.05, 0.1) is 11.1 Å². The van der Waals surface area contributed by atoms with Crippen molar-refractivity contribution in [3.05, 3.63) is 35.1 Å². The molecule has 0 aliphatic carbocycles. The Morgan fingerprint density at radius 3 is 1.80 bits per heavy atom. The molecule has 0 heterocycles. The molecule has 0 fully saturated rings. The maximum atomic E-state index is 13.0. The first kappa shape index (κ1) is 12.2. The molecule has 0 atom stereocenters. The third-order valence-electron chi connectivity index (χ3n) is 1.61. The molecule has 7 heteroatoms. The van der Waals surface area contributed by atoms with Crippen LogP contribution in [0.2, 0.25) is 0 Å². The fourth-order valence-corrected chi connectivity index (χ4v) is 1.12. The number of halogens is 7. The van der Waals surface area contributed by atoms with Gasteiger partial charge in [0.25, 0.3) is 0 Å². The van der Waals surface area contributed by atoms with E-state index in [1.54, 1.807) is 0 Å². The maximum Gasteiger partial charge on any atom is 0.419 e. The van der Waals surface area contributed by atoms with Gasteiger partial charge in [-0.3, -0.25) is 0 Å². The lowest BCUT2D eigenvalue weighted by atomic mass is 10.1. The van der Waals surface area contributed by atoms with E-state index in [-0.39, 0.29) is 0 Å². The summed E-state index contributed by atoms with van der Waals surface area (Å²) in [6.07, 6.45) is -5.03. The van der Waals surface area contributed by atoms with Crippen LogP contribution in [0.5, 0.6) is 0 Å². The highest BCUT2D eigenvalue weighted by molar-refractivity contribution is 6.21. The van der Waals surface area contributed by atoms with Gasteiger partial charge in [-0.25, -0.2) is 4.39 Å². The van der Waals surface area contributed by atoms with Gasteiger partial charge in [-0.05, 0) is 23.7 Å². The van der Waals surface area contributed by atoms with Crippen molar-refractivity contribution in [1.82, 2.24) is 0 Å². The summed E-state index contributed by atoms with van der Waals surface area (Å²) >= 11 is 4.45. The van der Waals surface area contributed by atoms with Gasteiger partial charge in [-0.15, -0.1) is 0 Å². The lowest BCUT2D eigenvalue weighted by Gasteiger charge is -2.13. The number of hydrogen-bond acceptors (Lipinski definition) is 0. The zero-order valence-electron chi connectivity index (χ0n) is 6.88. The standard InChI is InChI=1S/C8H3ClF6/c9-7(11,12)4-2-1-3-5(6(4)10)8(13,14)15/h1-3H. The predicted molar refractivity (Wildman–Crippen MR) is 41.1 cm³/mol. The Kier molecular flexibility index (Phi) is 2.91. The van der Waals surface area contributed by atoms with Gasteiger partial charge in [0.15, 0.2) is 0 Å². The molecule has 0 aromatic heterocycles. The summed E-state index contributed by atoms with van der Waals surface area (Å²) in [5.74, 6) is -2.05. The molecule has 84 valence electrons. The van der Waals surface area contributed by atoms with Gasteiger partial charge in [-0.1, -0.05) is 6.07 Å². The van der Waals surface area contributed by atoms with E-state index in [9.17, 15) is 26.3 Å². The molecule has 0 nitrogen and oxygen atoms in total. The molecule has 15 heavy (non-hydrogen) atoms. The topological polar surface area (TPSA) is 0 Å². The molecule has 0 saturated carbocycles. The average Bonchev–Trinajstić information content (AvgIpc) is 1.99. The van der Waals surface area contributed by atoms with Crippen LogP contribution in [-0.2, 0) is 11.6 Å². The molecular formula is C8H3ClF6. The summed E-state index contributed by atoms with van der Waals surface area (Å²) in [7, 11) is 0. The molecular weight excluding hydrogens is 246 g/mol. The largest absolute Gasteiger partial charge is 0.419 e. The highest BCUT2D eigenvalue weighted by atomic mass is 35.5. The number of rotatable bonds is 1. The highest BCUT2D eigenvalue weighted by Crippen LogP contribution is 2.39. The van der Waals surface area contributed by atoms with E-state index >= 15 is 0 Å². The van der Waals surface area contributed by atoms with Gasteiger partial charge < -0.3 is 0 Å². The molecule has 0 unspecified atom stereocenters. The Balaban J connectivity index is 3.37. The van der Waals surface area contributed by atoms with E-state index in [0.717, 1.165) is 0 Å². The second-order valence-electron chi connectivity index (χ2n) is 2.66. The zero-order chi connectivity index (χ0) is 11.9. The van der Waals surface area contributed by atoms with Crippen LogP contribution in [0.1, 0.15) is 11.1 Å². The van der Waals surface area contributed by atoms with Crippen molar-refractivity contribution in [2.45, 2.75) is 11.6 Å². The quantitative estimate of drug-likeness (QED) is 0.518. The van der Waals surface area contributed by atoms with Gasteiger partial charge in [0.2, 0.25) is 0 Å². The smallest absolute Gasteiger partial charge is 0.206 e. The number of benzene rings is 1. The zero-order valence-corrected chi connectivity index (χ0v) is 7.63. The Morgan fingerprint density at radius 1 is 0.933 bits per heavy atom. The minimum Gasteiger partial charge on any atom is -0.206 e. The molecule has 1 aromatic carbocycles. The summed E-state index contributed by atoms with van der Waals surface area (Å²) in [6.45, 7) is 0. The first-order valence-corrected chi connectivity index (χ1v) is 3.94. The Bertz CT molecular complexity index is 332. The van der Waals surface area contributed by atoms with Crippen molar-refractivity contribution in [2.24, 2.45) is 0 Å². The van der Waals surface area contributed by atoms with Gasteiger partial charge >= 0.3 is 11.6 Å². The van der Waals surface area contributed by atoms with Crippen LogP contribution >= 0.6 is 11.6 Å². The fourth-order valence-electron chi connectivity index (χ4n) is 0.970. The molecule has 0 spiro atoms. The molecule has 1 rings (SSSR count). The van der Waals surface area contributed by atoms with E-state index in [0.29, 0.717) is 18.2 Å². The lowest BCUT2D eigenvalue weighted by molar-refractivity contribution is -0.140. The summed E-state index contributed by atoms with van der Waals surface area (Å²) in [4.78, 5) is 0. The third-order valence-corrected chi connectivity index (χ3v) is 1.81. The maximum absolute atomic E-state index is 13.0. The Hall–Kier alpha value is -0.910. The van der Waals surface area contributed by atoms with Crippen LogP contribution in [0.4, 0.5) is 26.3 Å². The molecule has 0 amide bonds. The van der Waals surface area contributed by atoms with Gasteiger partial charge in [-0.2, -0.15) is 22.0 Å². The van der Waals surface area contributed by atoms with E-state index in [1.165, 1.54) is 0 Å². The summed E-state index contributed by atoms with van der Waals surface area (Å²) in [6, 6.07) is 1.52. The Labute approximate surface area is 85.5 Å². The predicted octanol–water partition coefficient (Wildman–Crippen LogP) is 4.13. The van der Waals surface area contributed by atoms with Crippen molar-refractivity contribution in [3.63, 3.8) is 0 Å². The first-order chi connectivity index (χ1) is 6.64. The molecule has 1 aromatic rings. The van der Waals surface area contributed by atoms with Crippen molar-refractivity contribution < 1.29 is 26.3 Å². The van der Waals surface area contributed by atoms with Crippen molar-refractivity contribution in [2.75, 3.05) is 0 Å². The van der Waals surface area contributed by atoms with Crippen LogP contribution in [0.3, 0.4) is 0 Å². The molecule has 0 radical (unpaired) electrons. The van der Waals surface area contributed by atoms with Gasteiger partial charge in [0.1, 0.15) is 5.82 Å². The third kappa shape index (κ3) is 2.56. The first-order valence-electron chi connectivity index (χ1n) is 3.57. The minimum atomic E-state index is -5.03. The normalized spacial score (nSPS) is 13.0. The molecule has 0 aliphatic rings.